The van der Waals surface area contributed by atoms with Gasteiger partial charge in [-0.1, -0.05) is 17.4 Å². The van der Waals surface area contributed by atoms with Crippen LogP contribution in [0.15, 0.2) is 23.2 Å². The smallest absolute Gasteiger partial charge is 0.465 e. The van der Waals surface area contributed by atoms with E-state index in [4.69, 9.17) is 5.11 Å². The Hall–Kier alpha value is -2.36. The Labute approximate surface area is 156 Å². The fourth-order valence-corrected chi connectivity index (χ4v) is 4.29. The number of amides is 2. The number of hydrogen-bond acceptors (Lipinski definition) is 3. The second-order valence-electron chi connectivity index (χ2n) is 6.59. The van der Waals surface area contributed by atoms with E-state index in [9.17, 15) is 22.8 Å². The molecule has 1 aliphatic rings. The van der Waals surface area contributed by atoms with Gasteiger partial charge in [-0.3, -0.25) is 4.79 Å². The second-order valence-corrected chi connectivity index (χ2v) is 7.60. The molecule has 0 atom stereocenters. The van der Waals surface area contributed by atoms with Crippen molar-refractivity contribution in [1.82, 2.24) is 9.47 Å². The van der Waals surface area contributed by atoms with Crippen LogP contribution in [0.25, 0.3) is 10.2 Å². The number of aryl methyl sites for hydroxylation is 1. The molecule has 0 unspecified atom stereocenters. The van der Waals surface area contributed by atoms with Gasteiger partial charge in [-0.05, 0) is 43.4 Å². The van der Waals surface area contributed by atoms with Crippen molar-refractivity contribution in [2.45, 2.75) is 32.5 Å². The summed E-state index contributed by atoms with van der Waals surface area (Å²) in [6.07, 6.45) is -4.77. The Balaban J connectivity index is 1.95. The van der Waals surface area contributed by atoms with E-state index >= 15 is 0 Å². The number of carbonyl (C=O) groups is 2. The highest BCUT2D eigenvalue weighted by Gasteiger charge is 2.38. The summed E-state index contributed by atoms with van der Waals surface area (Å²) in [5, 5.41) is 9.03. The van der Waals surface area contributed by atoms with E-state index < -0.39 is 18.2 Å². The molecular weight excluding hydrogens is 383 g/mol. The van der Waals surface area contributed by atoms with Crippen molar-refractivity contribution < 1.29 is 27.9 Å². The molecule has 3 rings (SSSR count). The maximum atomic E-state index is 12.7. The fourth-order valence-electron chi connectivity index (χ4n) is 3.16. The van der Waals surface area contributed by atoms with E-state index in [0.717, 1.165) is 27.1 Å². The summed E-state index contributed by atoms with van der Waals surface area (Å²) in [5.41, 5.74) is 1.68. The van der Waals surface area contributed by atoms with Gasteiger partial charge >= 0.3 is 18.2 Å². The SMILES string of the molecule is Cc1ccc2c(c1)sc(=NC(=O)C(F)(F)F)n2CC1CCN(C(=O)O)CC1. The van der Waals surface area contributed by atoms with Crippen LogP contribution < -0.4 is 4.80 Å². The van der Waals surface area contributed by atoms with Gasteiger partial charge in [0.05, 0.1) is 10.2 Å². The average Bonchev–Trinajstić information content (AvgIpc) is 2.91. The van der Waals surface area contributed by atoms with Gasteiger partial charge in [-0.2, -0.15) is 18.2 Å². The van der Waals surface area contributed by atoms with Crippen LogP contribution in [0.3, 0.4) is 0 Å². The molecule has 0 aliphatic carbocycles. The lowest BCUT2D eigenvalue weighted by Gasteiger charge is -2.30. The lowest BCUT2D eigenvalue weighted by Crippen LogP contribution is -2.39. The van der Waals surface area contributed by atoms with Crippen molar-refractivity contribution >= 4 is 33.6 Å². The van der Waals surface area contributed by atoms with Gasteiger partial charge < -0.3 is 14.6 Å². The summed E-state index contributed by atoms with van der Waals surface area (Å²) in [6, 6.07) is 5.51. The first-order chi connectivity index (χ1) is 12.6. The molecular formula is C17H18F3N3O3S. The van der Waals surface area contributed by atoms with Gasteiger partial charge in [0.15, 0.2) is 4.80 Å². The molecule has 1 N–H and O–H groups in total. The zero-order valence-corrected chi connectivity index (χ0v) is 15.3. The van der Waals surface area contributed by atoms with Gasteiger partial charge in [0.1, 0.15) is 0 Å². The van der Waals surface area contributed by atoms with Crippen molar-refractivity contribution in [3.63, 3.8) is 0 Å². The topological polar surface area (TPSA) is 74.9 Å². The summed E-state index contributed by atoms with van der Waals surface area (Å²) < 4.78 is 40.4. The summed E-state index contributed by atoms with van der Waals surface area (Å²) in [5.74, 6) is -2.03. The van der Waals surface area contributed by atoms with Crippen LogP contribution in [0, 0.1) is 12.8 Å². The van der Waals surface area contributed by atoms with Crippen LogP contribution >= 0.6 is 11.3 Å². The van der Waals surface area contributed by atoms with Gasteiger partial charge in [0.25, 0.3) is 0 Å². The summed E-state index contributed by atoms with van der Waals surface area (Å²) in [4.78, 5) is 27.0. The van der Waals surface area contributed by atoms with E-state index in [1.807, 2.05) is 25.1 Å². The minimum atomic E-state index is -5.02. The number of rotatable bonds is 2. The van der Waals surface area contributed by atoms with Crippen molar-refractivity contribution in [3.05, 3.63) is 28.6 Å². The number of piperidine rings is 1. The zero-order chi connectivity index (χ0) is 19.8. The Bertz CT molecular complexity index is 940. The molecule has 1 saturated heterocycles. The van der Waals surface area contributed by atoms with Gasteiger partial charge in [-0.15, -0.1) is 0 Å². The number of thiazole rings is 1. The summed E-state index contributed by atoms with van der Waals surface area (Å²) in [7, 11) is 0. The third-order valence-electron chi connectivity index (χ3n) is 4.60. The first-order valence-corrected chi connectivity index (χ1v) is 9.20. The molecule has 1 aromatic carbocycles. The number of nitrogens with zero attached hydrogens (tertiary/aromatic N) is 3. The van der Waals surface area contributed by atoms with Crippen molar-refractivity contribution in [2.75, 3.05) is 13.1 Å². The van der Waals surface area contributed by atoms with Gasteiger partial charge in [-0.25, -0.2) is 4.79 Å². The minimum Gasteiger partial charge on any atom is -0.465 e. The highest BCUT2D eigenvalue weighted by molar-refractivity contribution is 7.16. The average molecular weight is 401 g/mol. The maximum Gasteiger partial charge on any atom is 0.473 e. The highest BCUT2D eigenvalue weighted by Crippen LogP contribution is 2.24. The molecule has 27 heavy (non-hydrogen) atoms. The lowest BCUT2D eigenvalue weighted by atomic mass is 9.97. The molecule has 6 nitrogen and oxygen atoms in total. The van der Waals surface area contributed by atoms with Crippen molar-refractivity contribution in [1.29, 1.82) is 0 Å². The van der Waals surface area contributed by atoms with Crippen LogP contribution in [0.2, 0.25) is 0 Å². The fraction of sp³-hybridized carbons (Fsp3) is 0.471. The minimum absolute atomic E-state index is 0.0126. The molecule has 0 saturated carbocycles. The highest BCUT2D eigenvalue weighted by atomic mass is 32.1. The third-order valence-corrected chi connectivity index (χ3v) is 5.64. The normalized spacial score (nSPS) is 16.9. The van der Waals surface area contributed by atoms with E-state index in [1.165, 1.54) is 4.90 Å². The molecule has 1 aliphatic heterocycles. The number of fused-ring (bicyclic) bond motifs is 1. The molecule has 1 aromatic heterocycles. The number of carboxylic acid groups (broad SMARTS) is 1. The lowest BCUT2D eigenvalue weighted by molar-refractivity contribution is -0.169. The molecule has 2 amide bonds. The molecule has 146 valence electrons. The van der Waals surface area contributed by atoms with Crippen LogP contribution in [0.5, 0.6) is 0 Å². The van der Waals surface area contributed by atoms with E-state index in [0.29, 0.717) is 32.5 Å². The van der Waals surface area contributed by atoms with Crippen molar-refractivity contribution in [2.24, 2.45) is 10.9 Å². The Morgan fingerprint density at radius 3 is 2.56 bits per heavy atom. The number of likely N-dealkylation sites (tertiary alicyclic amines) is 1. The second kappa shape index (κ2) is 7.34. The monoisotopic (exact) mass is 401 g/mol. The first-order valence-electron chi connectivity index (χ1n) is 8.39. The van der Waals surface area contributed by atoms with Crippen LogP contribution in [0.1, 0.15) is 18.4 Å². The molecule has 0 bridgehead atoms. The van der Waals surface area contributed by atoms with Crippen LogP contribution in [0.4, 0.5) is 18.0 Å². The Morgan fingerprint density at radius 2 is 1.96 bits per heavy atom. The predicted octanol–water partition coefficient (Wildman–Crippen LogP) is 3.39. The standard InChI is InChI=1S/C17H18F3N3O3S/c1-10-2-3-12-13(8-10)27-15(21-14(24)17(18,19)20)23(12)9-11-4-6-22(7-5-11)16(25)26/h2-3,8,11H,4-7,9H2,1H3,(H,25,26). The largest absolute Gasteiger partial charge is 0.473 e. The van der Waals surface area contributed by atoms with E-state index in [1.54, 1.807) is 4.57 Å². The number of halogens is 3. The quantitative estimate of drug-likeness (QED) is 0.838. The van der Waals surface area contributed by atoms with E-state index in [2.05, 4.69) is 4.99 Å². The summed E-state index contributed by atoms with van der Waals surface area (Å²) >= 11 is 1.05. The molecule has 0 spiro atoms. The van der Waals surface area contributed by atoms with Gasteiger partial charge in [0, 0.05) is 19.6 Å². The number of alkyl halides is 3. The van der Waals surface area contributed by atoms with Crippen molar-refractivity contribution in [3.8, 4) is 0 Å². The Kier molecular flexibility index (Phi) is 5.27. The molecule has 0 radical (unpaired) electrons. The molecule has 10 heteroatoms. The number of aromatic nitrogens is 1. The molecule has 1 fully saturated rings. The predicted molar refractivity (Wildman–Crippen MR) is 93.5 cm³/mol. The molecule has 2 heterocycles. The van der Waals surface area contributed by atoms with E-state index in [-0.39, 0.29) is 10.7 Å². The number of carbonyl (C=O) groups excluding carboxylic acids is 1. The van der Waals surface area contributed by atoms with Gasteiger partial charge in [0.2, 0.25) is 0 Å². The third kappa shape index (κ3) is 4.32. The summed E-state index contributed by atoms with van der Waals surface area (Å²) in [6.45, 7) is 3.04. The molecule has 2 aromatic rings. The zero-order valence-electron chi connectivity index (χ0n) is 14.5. The van der Waals surface area contributed by atoms with Crippen LogP contribution in [-0.4, -0.2) is 45.8 Å². The number of benzene rings is 1. The first kappa shape index (κ1) is 19.4. The number of hydrogen-bond donors (Lipinski definition) is 1. The maximum absolute atomic E-state index is 12.7. The van der Waals surface area contributed by atoms with Crippen LogP contribution in [-0.2, 0) is 11.3 Å². The Morgan fingerprint density at radius 1 is 1.30 bits per heavy atom.